The van der Waals surface area contributed by atoms with Gasteiger partial charge in [-0.3, -0.25) is 0 Å². The Morgan fingerprint density at radius 2 is 2.56 bits per heavy atom. The second-order valence-corrected chi connectivity index (χ2v) is 4.99. The van der Waals surface area contributed by atoms with Gasteiger partial charge in [-0.1, -0.05) is 0 Å². The number of anilines is 1. The van der Waals surface area contributed by atoms with E-state index in [4.69, 9.17) is 14.7 Å². The Morgan fingerprint density at radius 3 is 3.28 bits per heavy atom. The van der Waals surface area contributed by atoms with Gasteiger partial charge in [0.1, 0.15) is 16.6 Å². The Morgan fingerprint density at radius 1 is 1.67 bits per heavy atom. The second-order valence-electron chi connectivity index (χ2n) is 4.22. The van der Waals surface area contributed by atoms with Crippen LogP contribution in [-0.4, -0.2) is 36.8 Å². The van der Waals surface area contributed by atoms with Crippen LogP contribution < -0.4 is 5.32 Å². The molecule has 0 unspecified atom stereocenters. The SMILES string of the molecule is Cc1nsc(NCCCO[C@H]2CCOC2)c1C#N. The van der Waals surface area contributed by atoms with Gasteiger partial charge in [-0.25, -0.2) is 0 Å². The summed E-state index contributed by atoms with van der Waals surface area (Å²) in [4.78, 5) is 0. The van der Waals surface area contributed by atoms with Gasteiger partial charge in [0, 0.05) is 19.8 Å². The fourth-order valence-electron chi connectivity index (χ4n) is 1.79. The maximum atomic E-state index is 8.97. The Labute approximate surface area is 111 Å². The molecule has 1 aromatic heterocycles. The third-order valence-corrected chi connectivity index (χ3v) is 3.72. The van der Waals surface area contributed by atoms with Crippen LogP contribution >= 0.6 is 11.5 Å². The van der Waals surface area contributed by atoms with Crippen molar-refractivity contribution in [2.45, 2.75) is 25.9 Å². The topological polar surface area (TPSA) is 67.2 Å². The zero-order valence-electron chi connectivity index (χ0n) is 10.4. The highest BCUT2D eigenvalue weighted by Crippen LogP contribution is 2.23. The van der Waals surface area contributed by atoms with Gasteiger partial charge in [-0.2, -0.15) is 9.64 Å². The average molecular weight is 267 g/mol. The second kappa shape index (κ2) is 6.69. The lowest BCUT2D eigenvalue weighted by Gasteiger charge is -2.09. The third kappa shape index (κ3) is 3.42. The summed E-state index contributed by atoms with van der Waals surface area (Å²) >= 11 is 1.34. The van der Waals surface area contributed by atoms with Crippen LogP contribution in [0.3, 0.4) is 0 Å². The lowest BCUT2D eigenvalue weighted by molar-refractivity contribution is 0.0427. The van der Waals surface area contributed by atoms with Crippen molar-refractivity contribution in [1.82, 2.24) is 4.37 Å². The summed E-state index contributed by atoms with van der Waals surface area (Å²) in [5.41, 5.74) is 1.45. The average Bonchev–Trinajstić information content (AvgIpc) is 2.99. The number of hydrogen-bond acceptors (Lipinski definition) is 6. The summed E-state index contributed by atoms with van der Waals surface area (Å²) in [6.07, 6.45) is 2.18. The first kappa shape index (κ1) is 13.3. The molecule has 5 nitrogen and oxygen atoms in total. The van der Waals surface area contributed by atoms with Crippen molar-refractivity contribution in [3.8, 4) is 6.07 Å². The lowest BCUT2D eigenvalue weighted by atomic mass is 10.3. The number of nitriles is 1. The Balaban J connectivity index is 1.64. The van der Waals surface area contributed by atoms with Crippen LogP contribution in [0.1, 0.15) is 24.1 Å². The highest BCUT2D eigenvalue weighted by molar-refractivity contribution is 7.10. The monoisotopic (exact) mass is 267 g/mol. The van der Waals surface area contributed by atoms with Gasteiger partial charge in [-0.15, -0.1) is 0 Å². The van der Waals surface area contributed by atoms with E-state index in [-0.39, 0.29) is 6.10 Å². The number of ether oxygens (including phenoxy) is 2. The Hall–Kier alpha value is -1.16. The highest BCUT2D eigenvalue weighted by Gasteiger charge is 2.15. The maximum Gasteiger partial charge on any atom is 0.127 e. The third-order valence-electron chi connectivity index (χ3n) is 2.82. The molecule has 0 amide bonds. The molecule has 1 aliphatic rings. The molecule has 1 saturated heterocycles. The van der Waals surface area contributed by atoms with Crippen LogP contribution in [0.25, 0.3) is 0 Å². The minimum Gasteiger partial charge on any atom is -0.379 e. The smallest absolute Gasteiger partial charge is 0.127 e. The first-order chi connectivity index (χ1) is 8.81. The van der Waals surface area contributed by atoms with E-state index >= 15 is 0 Å². The van der Waals surface area contributed by atoms with Crippen molar-refractivity contribution in [2.24, 2.45) is 0 Å². The molecule has 18 heavy (non-hydrogen) atoms. The van der Waals surface area contributed by atoms with Crippen LogP contribution in [0.5, 0.6) is 0 Å². The molecular weight excluding hydrogens is 250 g/mol. The van der Waals surface area contributed by atoms with E-state index in [2.05, 4.69) is 15.8 Å². The maximum absolute atomic E-state index is 8.97. The van der Waals surface area contributed by atoms with E-state index in [0.717, 1.165) is 49.9 Å². The van der Waals surface area contributed by atoms with E-state index in [1.807, 2.05) is 6.92 Å². The summed E-state index contributed by atoms with van der Waals surface area (Å²) < 4.78 is 15.1. The number of aryl methyl sites for hydroxylation is 1. The molecule has 1 fully saturated rings. The number of rotatable bonds is 6. The summed E-state index contributed by atoms with van der Waals surface area (Å²) in [7, 11) is 0. The molecule has 0 spiro atoms. The quantitative estimate of drug-likeness (QED) is 0.798. The van der Waals surface area contributed by atoms with Crippen LogP contribution in [-0.2, 0) is 9.47 Å². The van der Waals surface area contributed by atoms with Crippen LogP contribution in [0.2, 0.25) is 0 Å². The Kier molecular flexibility index (Phi) is 4.93. The molecule has 0 bridgehead atoms. The standard InChI is InChI=1S/C12H17N3O2S/c1-9-11(7-13)12(18-15-9)14-4-2-5-17-10-3-6-16-8-10/h10,14H,2-6,8H2,1H3/t10-/m0/s1. The largest absolute Gasteiger partial charge is 0.379 e. The zero-order valence-corrected chi connectivity index (χ0v) is 11.3. The molecule has 0 aliphatic carbocycles. The predicted molar refractivity (Wildman–Crippen MR) is 69.8 cm³/mol. The van der Waals surface area contributed by atoms with Gasteiger partial charge < -0.3 is 14.8 Å². The van der Waals surface area contributed by atoms with Crippen molar-refractivity contribution in [2.75, 3.05) is 31.7 Å². The predicted octanol–water partition coefficient (Wildman–Crippen LogP) is 1.93. The first-order valence-corrected chi connectivity index (χ1v) is 6.88. The van der Waals surface area contributed by atoms with Crippen molar-refractivity contribution >= 4 is 16.5 Å². The van der Waals surface area contributed by atoms with Gasteiger partial charge in [0.05, 0.1) is 18.4 Å². The van der Waals surface area contributed by atoms with Gasteiger partial charge in [0.25, 0.3) is 0 Å². The number of hydrogen-bond donors (Lipinski definition) is 1. The zero-order chi connectivity index (χ0) is 12.8. The molecule has 98 valence electrons. The van der Waals surface area contributed by atoms with Crippen LogP contribution in [0.4, 0.5) is 5.00 Å². The number of nitrogens with zero attached hydrogens (tertiary/aromatic N) is 2. The Bertz CT molecular complexity index is 421. The van der Waals surface area contributed by atoms with E-state index in [1.54, 1.807) is 0 Å². The van der Waals surface area contributed by atoms with Crippen molar-refractivity contribution in [3.63, 3.8) is 0 Å². The van der Waals surface area contributed by atoms with Crippen molar-refractivity contribution in [3.05, 3.63) is 11.3 Å². The van der Waals surface area contributed by atoms with Crippen molar-refractivity contribution in [1.29, 1.82) is 5.26 Å². The van der Waals surface area contributed by atoms with Gasteiger partial charge in [0.2, 0.25) is 0 Å². The molecule has 1 atom stereocenters. The van der Waals surface area contributed by atoms with Crippen LogP contribution in [0, 0.1) is 18.3 Å². The van der Waals surface area contributed by atoms with Gasteiger partial charge >= 0.3 is 0 Å². The number of nitrogens with one attached hydrogen (secondary N) is 1. The van der Waals surface area contributed by atoms with E-state index in [0.29, 0.717) is 5.56 Å². The molecule has 1 aromatic rings. The molecule has 0 radical (unpaired) electrons. The molecule has 6 heteroatoms. The molecular formula is C12H17N3O2S. The van der Waals surface area contributed by atoms with E-state index in [1.165, 1.54) is 11.5 Å². The molecule has 2 rings (SSSR count). The van der Waals surface area contributed by atoms with Gasteiger partial charge in [-0.05, 0) is 31.3 Å². The summed E-state index contributed by atoms with van der Waals surface area (Å²) in [5.74, 6) is 0. The molecule has 0 saturated carbocycles. The minimum atomic E-state index is 0.269. The summed E-state index contributed by atoms with van der Waals surface area (Å²) in [6, 6.07) is 2.17. The fourth-order valence-corrected chi connectivity index (χ4v) is 2.56. The molecule has 1 aliphatic heterocycles. The first-order valence-electron chi connectivity index (χ1n) is 6.11. The molecule has 1 N–H and O–H groups in total. The minimum absolute atomic E-state index is 0.269. The van der Waals surface area contributed by atoms with Crippen LogP contribution in [0.15, 0.2) is 0 Å². The highest BCUT2D eigenvalue weighted by atomic mass is 32.1. The van der Waals surface area contributed by atoms with E-state index < -0.39 is 0 Å². The van der Waals surface area contributed by atoms with Gasteiger partial charge in [0.15, 0.2) is 0 Å². The fraction of sp³-hybridized carbons (Fsp3) is 0.667. The normalized spacial score (nSPS) is 18.8. The lowest BCUT2D eigenvalue weighted by Crippen LogP contribution is -2.15. The number of aromatic nitrogens is 1. The summed E-state index contributed by atoms with van der Waals surface area (Å²) in [5, 5.41) is 13.1. The summed E-state index contributed by atoms with van der Waals surface area (Å²) in [6.45, 7) is 4.91. The van der Waals surface area contributed by atoms with Crippen molar-refractivity contribution < 1.29 is 9.47 Å². The molecule has 2 heterocycles. The van der Waals surface area contributed by atoms with E-state index in [9.17, 15) is 0 Å². The molecule has 0 aromatic carbocycles.